The van der Waals surface area contributed by atoms with Gasteiger partial charge in [0, 0.05) is 10.6 Å². The van der Waals surface area contributed by atoms with Crippen LogP contribution < -0.4 is 11.5 Å². The Kier molecular flexibility index (Phi) is 2.05. The van der Waals surface area contributed by atoms with Gasteiger partial charge in [-0.15, -0.1) is 12.6 Å². The number of amides is 1. The number of anilines is 1. The third kappa shape index (κ3) is 1.65. The fourth-order valence-corrected chi connectivity index (χ4v) is 1.00. The molecule has 0 aliphatic heterocycles. The van der Waals surface area contributed by atoms with Gasteiger partial charge < -0.3 is 11.5 Å². The van der Waals surface area contributed by atoms with Gasteiger partial charge in [0.1, 0.15) is 0 Å². The number of carbonyl (C=O) groups excluding carboxylic acids is 1. The summed E-state index contributed by atoms with van der Waals surface area (Å²) in [5.74, 6) is -0.512. The Hall–Kier alpha value is -1.16. The number of carbonyl (C=O) groups is 1. The van der Waals surface area contributed by atoms with E-state index in [1.807, 2.05) is 0 Å². The fourth-order valence-electron chi connectivity index (χ4n) is 0.751. The molecule has 1 aromatic rings. The van der Waals surface area contributed by atoms with Crippen LogP contribution >= 0.6 is 12.6 Å². The lowest BCUT2D eigenvalue weighted by molar-refractivity contribution is 0.0997. The summed E-state index contributed by atoms with van der Waals surface area (Å²) in [5.41, 5.74) is 11.3. The zero-order valence-electron chi connectivity index (χ0n) is 5.74. The second-order valence-corrected chi connectivity index (χ2v) is 2.62. The Morgan fingerprint density at radius 3 is 2.55 bits per heavy atom. The molecule has 0 bridgehead atoms. The van der Waals surface area contributed by atoms with Crippen LogP contribution in [0.5, 0.6) is 0 Å². The minimum Gasteiger partial charge on any atom is -0.399 e. The lowest BCUT2D eigenvalue weighted by atomic mass is 10.2. The van der Waals surface area contributed by atoms with Crippen molar-refractivity contribution in [3.8, 4) is 0 Å². The fraction of sp³-hybridized carbons (Fsp3) is 0. The van der Waals surface area contributed by atoms with Crippen molar-refractivity contribution in [1.29, 1.82) is 0 Å². The van der Waals surface area contributed by atoms with Crippen molar-refractivity contribution in [2.75, 3.05) is 5.73 Å². The minimum atomic E-state index is -0.512. The van der Waals surface area contributed by atoms with Crippen LogP contribution in [0.4, 0.5) is 5.69 Å². The molecule has 4 N–H and O–H groups in total. The van der Waals surface area contributed by atoms with Gasteiger partial charge in [-0.3, -0.25) is 4.79 Å². The van der Waals surface area contributed by atoms with Crippen molar-refractivity contribution in [3.63, 3.8) is 0 Å². The third-order valence-electron chi connectivity index (χ3n) is 1.29. The Morgan fingerprint density at radius 2 is 2.09 bits per heavy atom. The molecule has 1 aromatic carbocycles. The summed E-state index contributed by atoms with van der Waals surface area (Å²) >= 11 is 4.03. The van der Waals surface area contributed by atoms with Crippen LogP contribution in [0, 0.1) is 0 Å². The summed E-state index contributed by atoms with van der Waals surface area (Å²) in [4.78, 5) is 11.2. The van der Waals surface area contributed by atoms with E-state index in [1.165, 1.54) is 6.07 Å². The lowest BCUT2D eigenvalue weighted by Crippen LogP contribution is -2.12. The molecule has 0 saturated heterocycles. The predicted molar refractivity (Wildman–Crippen MR) is 46.6 cm³/mol. The molecule has 0 unspecified atom stereocenters. The highest BCUT2D eigenvalue weighted by molar-refractivity contribution is 7.80. The molecule has 0 atom stereocenters. The van der Waals surface area contributed by atoms with Gasteiger partial charge >= 0.3 is 0 Å². The van der Waals surface area contributed by atoms with Crippen LogP contribution in [0.2, 0.25) is 0 Å². The molecule has 0 saturated carbocycles. The number of hydrogen-bond donors (Lipinski definition) is 3. The molecular formula is C7H8N2OS. The maximum absolute atomic E-state index is 10.7. The molecule has 1 amide bonds. The zero-order chi connectivity index (χ0) is 8.43. The summed E-state index contributed by atoms with van der Waals surface area (Å²) < 4.78 is 0. The molecule has 1 rings (SSSR count). The lowest BCUT2D eigenvalue weighted by Gasteiger charge is -2.00. The topological polar surface area (TPSA) is 69.1 Å². The van der Waals surface area contributed by atoms with Crippen molar-refractivity contribution in [3.05, 3.63) is 23.8 Å². The van der Waals surface area contributed by atoms with Crippen LogP contribution in [0.25, 0.3) is 0 Å². The third-order valence-corrected chi connectivity index (χ3v) is 1.68. The average Bonchev–Trinajstić information content (AvgIpc) is 1.94. The second-order valence-electron chi connectivity index (χ2n) is 2.14. The molecule has 0 aromatic heterocycles. The van der Waals surface area contributed by atoms with Crippen LogP contribution in [0.3, 0.4) is 0 Å². The van der Waals surface area contributed by atoms with Crippen molar-refractivity contribution in [1.82, 2.24) is 0 Å². The normalized spacial score (nSPS) is 9.55. The van der Waals surface area contributed by atoms with E-state index in [0.29, 0.717) is 16.1 Å². The number of primary amides is 1. The van der Waals surface area contributed by atoms with E-state index in [0.717, 1.165) is 0 Å². The Morgan fingerprint density at radius 1 is 1.45 bits per heavy atom. The highest BCUT2D eigenvalue weighted by atomic mass is 32.1. The number of thiol groups is 1. The van der Waals surface area contributed by atoms with Gasteiger partial charge in [-0.1, -0.05) is 0 Å². The maximum atomic E-state index is 10.7. The molecule has 0 radical (unpaired) electrons. The van der Waals surface area contributed by atoms with Crippen molar-refractivity contribution in [2.45, 2.75) is 4.90 Å². The van der Waals surface area contributed by atoms with Crippen LogP contribution in [0.15, 0.2) is 23.1 Å². The van der Waals surface area contributed by atoms with Gasteiger partial charge in [0.25, 0.3) is 0 Å². The summed E-state index contributed by atoms with van der Waals surface area (Å²) in [6.07, 6.45) is 0. The van der Waals surface area contributed by atoms with Gasteiger partial charge in [-0.05, 0) is 18.2 Å². The average molecular weight is 168 g/mol. The van der Waals surface area contributed by atoms with E-state index in [9.17, 15) is 4.79 Å². The molecule has 0 heterocycles. The van der Waals surface area contributed by atoms with Crippen LogP contribution in [-0.2, 0) is 0 Å². The first-order chi connectivity index (χ1) is 5.11. The SMILES string of the molecule is NC(=O)c1cc(N)ccc1S. The molecule has 4 heteroatoms. The highest BCUT2D eigenvalue weighted by Gasteiger charge is 2.04. The van der Waals surface area contributed by atoms with Crippen molar-refractivity contribution >= 4 is 24.2 Å². The summed E-state index contributed by atoms with van der Waals surface area (Å²) in [6.45, 7) is 0. The molecular weight excluding hydrogens is 160 g/mol. The predicted octanol–water partition coefficient (Wildman–Crippen LogP) is 0.656. The van der Waals surface area contributed by atoms with Crippen LogP contribution in [0.1, 0.15) is 10.4 Å². The van der Waals surface area contributed by atoms with Gasteiger partial charge in [-0.2, -0.15) is 0 Å². The number of rotatable bonds is 1. The first-order valence-corrected chi connectivity index (χ1v) is 3.44. The van der Waals surface area contributed by atoms with Crippen molar-refractivity contribution in [2.24, 2.45) is 5.73 Å². The highest BCUT2D eigenvalue weighted by Crippen LogP contribution is 2.15. The zero-order valence-corrected chi connectivity index (χ0v) is 6.64. The summed E-state index contributed by atoms with van der Waals surface area (Å²) in [7, 11) is 0. The number of nitrogens with two attached hydrogens (primary N) is 2. The Labute approximate surface area is 69.8 Å². The Balaban J connectivity index is 3.23. The van der Waals surface area contributed by atoms with Crippen LogP contribution in [-0.4, -0.2) is 5.91 Å². The summed E-state index contributed by atoms with van der Waals surface area (Å²) in [5, 5.41) is 0. The molecule has 0 fully saturated rings. The summed E-state index contributed by atoms with van der Waals surface area (Å²) in [6, 6.07) is 4.80. The van der Waals surface area contributed by atoms with E-state index in [1.54, 1.807) is 12.1 Å². The maximum Gasteiger partial charge on any atom is 0.249 e. The first kappa shape index (κ1) is 7.94. The quantitative estimate of drug-likeness (QED) is 0.426. The van der Waals surface area contributed by atoms with Gasteiger partial charge in [0.05, 0.1) is 5.56 Å². The van der Waals surface area contributed by atoms with E-state index in [4.69, 9.17) is 11.5 Å². The molecule has 58 valence electrons. The molecule has 3 nitrogen and oxygen atoms in total. The first-order valence-electron chi connectivity index (χ1n) is 2.99. The van der Waals surface area contributed by atoms with E-state index in [2.05, 4.69) is 12.6 Å². The number of benzene rings is 1. The van der Waals surface area contributed by atoms with E-state index >= 15 is 0 Å². The van der Waals surface area contributed by atoms with Gasteiger partial charge in [0.2, 0.25) is 5.91 Å². The second kappa shape index (κ2) is 2.84. The van der Waals surface area contributed by atoms with E-state index < -0.39 is 5.91 Å². The molecule has 0 aliphatic rings. The van der Waals surface area contributed by atoms with Crippen molar-refractivity contribution < 1.29 is 4.79 Å². The monoisotopic (exact) mass is 168 g/mol. The minimum absolute atomic E-state index is 0.355. The number of hydrogen-bond acceptors (Lipinski definition) is 3. The van der Waals surface area contributed by atoms with Gasteiger partial charge in [-0.25, -0.2) is 0 Å². The van der Waals surface area contributed by atoms with Gasteiger partial charge in [0.15, 0.2) is 0 Å². The Bertz CT molecular complexity index is 298. The smallest absolute Gasteiger partial charge is 0.249 e. The van der Waals surface area contributed by atoms with E-state index in [-0.39, 0.29) is 0 Å². The molecule has 0 aliphatic carbocycles. The standard InChI is InChI=1S/C7H8N2OS/c8-4-1-2-6(11)5(3-4)7(9)10/h1-3,11H,8H2,(H2,9,10). The molecule has 0 spiro atoms. The molecule has 11 heavy (non-hydrogen) atoms. The largest absolute Gasteiger partial charge is 0.399 e. The number of nitrogen functional groups attached to an aromatic ring is 1.